The molecule has 2 aliphatic heterocycles. The van der Waals surface area contributed by atoms with Crippen molar-refractivity contribution in [2.45, 2.75) is 44.3 Å². The summed E-state index contributed by atoms with van der Waals surface area (Å²) in [4.78, 5) is 29.9. The van der Waals surface area contributed by atoms with Crippen LogP contribution in [-0.2, 0) is 9.47 Å². The zero-order valence-electron chi connectivity index (χ0n) is 19.8. The summed E-state index contributed by atoms with van der Waals surface area (Å²) in [7, 11) is 0. The number of para-hydroxylation sites is 2. The van der Waals surface area contributed by atoms with Crippen LogP contribution in [0.25, 0.3) is 43.6 Å². The van der Waals surface area contributed by atoms with Gasteiger partial charge in [-0.1, -0.05) is 48.6 Å². The molecule has 0 saturated carbocycles. The molecular formula is C29H23N3O4. The minimum atomic E-state index is -0.626. The topological polar surface area (TPSA) is 85.4 Å². The van der Waals surface area contributed by atoms with Gasteiger partial charge in [-0.3, -0.25) is 14.9 Å². The van der Waals surface area contributed by atoms with E-state index >= 15 is 0 Å². The number of carbonyl (C=O) groups excluding carboxylic acids is 2. The first-order chi connectivity index (χ1) is 17.4. The SMILES string of the molecule is CC1(C)O[C@H]2C=C[C@@H](n3c4ccccc4c4c5c(c6c7ccccc7[nH]c6c43)C(=O)NC5=O)C[C@H]2O1. The average molecular weight is 478 g/mol. The van der Waals surface area contributed by atoms with Gasteiger partial charge in [0.15, 0.2) is 5.79 Å². The van der Waals surface area contributed by atoms with E-state index in [1.165, 1.54) is 0 Å². The van der Waals surface area contributed by atoms with Gasteiger partial charge < -0.3 is 19.0 Å². The number of imide groups is 1. The smallest absolute Gasteiger partial charge is 0.259 e. The van der Waals surface area contributed by atoms with Crippen LogP contribution in [0, 0.1) is 0 Å². The molecule has 3 aromatic carbocycles. The fourth-order valence-corrected chi connectivity index (χ4v) is 6.57. The highest BCUT2D eigenvalue weighted by Gasteiger charge is 2.44. The fraction of sp³-hybridized carbons (Fsp3) is 0.241. The predicted octanol–water partition coefficient (Wildman–Crippen LogP) is 5.33. The molecule has 178 valence electrons. The lowest BCUT2D eigenvalue weighted by Gasteiger charge is -2.27. The van der Waals surface area contributed by atoms with E-state index in [4.69, 9.17) is 9.47 Å². The minimum absolute atomic E-state index is 0.0148. The van der Waals surface area contributed by atoms with E-state index in [1.54, 1.807) is 0 Å². The van der Waals surface area contributed by atoms with Gasteiger partial charge in [-0.05, 0) is 26.0 Å². The van der Waals surface area contributed by atoms with Crippen LogP contribution in [0.3, 0.4) is 0 Å². The van der Waals surface area contributed by atoms with Crippen LogP contribution in [0.2, 0.25) is 0 Å². The summed E-state index contributed by atoms with van der Waals surface area (Å²) in [5.74, 6) is -1.31. The number of hydrogen-bond acceptors (Lipinski definition) is 4. The standard InChI is InChI=1S/C29H23N3O4/c1-29(2)35-19-12-11-14(13-20(19)36-29)32-18-10-6-4-8-16(18)22-24-23(27(33)31-28(24)34)21-15-7-3-5-9-17(15)30-25(21)26(22)32/h3-12,14,19-20,30H,13H2,1-2H3,(H,31,33,34)/t14-,19+,20-/m1/s1. The van der Waals surface area contributed by atoms with Crippen LogP contribution in [0.4, 0.5) is 0 Å². The van der Waals surface area contributed by atoms with Gasteiger partial charge in [0.2, 0.25) is 0 Å². The molecule has 7 heteroatoms. The monoisotopic (exact) mass is 477 g/mol. The van der Waals surface area contributed by atoms with Crippen molar-refractivity contribution in [2.24, 2.45) is 0 Å². The average Bonchev–Trinajstić information content (AvgIpc) is 3.56. The molecule has 3 aliphatic rings. The van der Waals surface area contributed by atoms with E-state index in [0.717, 1.165) is 50.0 Å². The van der Waals surface area contributed by atoms with E-state index in [0.29, 0.717) is 11.1 Å². The molecule has 0 spiro atoms. The van der Waals surface area contributed by atoms with Crippen molar-refractivity contribution in [3.8, 4) is 0 Å². The Bertz CT molecular complexity index is 1840. The number of carbonyl (C=O) groups is 2. The highest BCUT2D eigenvalue weighted by Crippen LogP contribution is 2.46. The number of benzene rings is 3. The molecule has 3 atom stereocenters. The fourth-order valence-electron chi connectivity index (χ4n) is 6.57. The zero-order valence-corrected chi connectivity index (χ0v) is 19.8. The maximum absolute atomic E-state index is 13.2. The summed E-state index contributed by atoms with van der Waals surface area (Å²) in [6.07, 6.45) is 4.88. The van der Waals surface area contributed by atoms with Gasteiger partial charge >= 0.3 is 0 Å². The predicted molar refractivity (Wildman–Crippen MR) is 137 cm³/mol. The number of aromatic nitrogens is 2. The summed E-state index contributed by atoms with van der Waals surface area (Å²) in [6.45, 7) is 3.89. The first-order valence-corrected chi connectivity index (χ1v) is 12.3. The van der Waals surface area contributed by atoms with E-state index in [-0.39, 0.29) is 30.1 Å². The molecule has 5 aromatic rings. The zero-order chi connectivity index (χ0) is 24.3. The summed E-state index contributed by atoms with van der Waals surface area (Å²) in [5.41, 5.74) is 4.65. The first-order valence-electron chi connectivity index (χ1n) is 12.3. The Morgan fingerprint density at radius 2 is 1.61 bits per heavy atom. The highest BCUT2D eigenvalue weighted by molar-refractivity contribution is 6.39. The molecule has 0 bridgehead atoms. The van der Waals surface area contributed by atoms with Gasteiger partial charge in [0.1, 0.15) is 6.10 Å². The van der Waals surface area contributed by atoms with E-state index in [9.17, 15) is 9.59 Å². The van der Waals surface area contributed by atoms with Crippen molar-refractivity contribution in [1.29, 1.82) is 0 Å². The third-order valence-electron chi connectivity index (χ3n) is 7.83. The molecule has 8 rings (SSSR count). The molecule has 4 heterocycles. The number of H-pyrrole nitrogens is 1. The van der Waals surface area contributed by atoms with Crippen molar-refractivity contribution >= 4 is 55.4 Å². The molecule has 1 fully saturated rings. The van der Waals surface area contributed by atoms with Crippen molar-refractivity contribution < 1.29 is 19.1 Å². The van der Waals surface area contributed by atoms with E-state index in [2.05, 4.69) is 33.1 Å². The number of ether oxygens (including phenoxy) is 2. The van der Waals surface area contributed by atoms with Gasteiger partial charge in [0.05, 0.1) is 34.3 Å². The molecule has 0 radical (unpaired) electrons. The Balaban J connectivity index is 1.53. The maximum Gasteiger partial charge on any atom is 0.259 e. The molecule has 36 heavy (non-hydrogen) atoms. The molecule has 1 aliphatic carbocycles. The summed E-state index contributed by atoms with van der Waals surface area (Å²) >= 11 is 0. The first kappa shape index (κ1) is 20.3. The van der Waals surface area contributed by atoms with Crippen LogP contribution in [0.5, 0.6) is 0 Å². The third-order valence-corrected chi connectivity index (χ3v) is 7.83. The van der Waals surface area contributed by atoms with Crippen molar-refractivity contribution in [3.63, 3.8) is 0 Å². The second-order valence-electron chi connectivity index (χ2n) is 10.4. The van der Waals surface area contributed by atoms with Crippen LogP contribution >= 0.6 is 0 Å². The third kappa shape index (κ3) is 2.49. The van der Waals surface area contributed by atoms with Gasteiger partial charge in [0, 0.05) is 39.0 Å². The Labute approximate surface area is 205 Å². The summed E-state index contributed by atoms with van der Waals surface area (Å²) in [6, 6.07) is 16.0. The number of hydrogen-bond donors (Lipinski definition) is 2. The Kier molecular flexibility index (Phi) is 3.73. The van der Waals surface area contributed by atoms with Crippen LogP contribution in [0.1, 0.15) is 47.0 Å². The molecule has 7 nitrogen and oxygen atoms in total. The van der Waals surface area contributed by atoms with Gasteiger partial charge in [-0.15, -0.1) is 0 Å². The van der Waals surface area contributed by atoms with Crippen LogP contribution in [0.15, 0.2) is 60.7 Å². The van der Waals surface area contributed by atoms with Gasteiger partial charge in [0.25, 0.3) is 11.8 Å². The molecule has 2 amide bonds. The van der Waals surface area contributed by atoms with Crippen LogP contribution in [-0.4, -0.2) is 39.4 Å². The second-order valence-corrected chi connectivity index (χ2v) is 10.4. The summed E-state index contributed by atoms with van der Waals surface area (Å²) < 4.78 is 14.6. The molecular weight excluding hydrogens is 454 g/mol. The van der Waals surface area contributed by atoms with E-state index < -0.39 is 5.79 Å². The highest BCUT2D eigenvalue weighted by atomic mass is 16.7. The number of nitrogens with zero attached hydrogens (tertiary/aromatic N) is 1. The van der Waals surface area contributed by atoms with Gasteiger partial charge in [-0.2, -0.15) is 0 Å². The lowest BCUT2D eigenvalue weighted by atomic mass is 9.95. The Hall–Kier alpha value is -3.94. The largest absolute Gasteiger partial charge is 0.353 e. The number of aromatic amines is 1. The maximum atomic E-state index is 13.2. The van der Waals surface area contributed by atoms with Crippen LogP contribution < -0.4 is 5.32 Å². The minimum Gasteiger partial charge on any atom is -0.353 e. The normalized spacial score (nSPS) is 24.8. The molecule has 1 saturated heterocycles. The Morgan fingerprint density at radius 3 is 2.44 bits per heavy atom. The number of nitrogens with one attached hydrogen (secondary N) is 2. The molecule has 0 unspecified atom stereocenters. The van der Waals surface area contributed by atoms with Crippen molar-refractivity contribution in [3.05, 3.63) is 71.8 Å². The number of rotatable bonds is 1. The number of allylic oxidation sites excluding steroid dienone is 1. The summed E-state index contributed by atoms with van der Waals surface area (Å²) in [5, 5.41) is 6.05. The second kappa shape index (κ2) is 6.63. The van der Waals surface area contributed by atoms with Gasteiger partial charge in [-0.25, -0.2) is 0 Å². The number of fused-ring (bicyclic) bond motifs is 11. The van der Waals surface area contributed by atoms with Crippen molar-refractivity contribution in [1.82, 2.24) is 14.9 Å². The lowest BCUT2D eigenvalue weighted by Crippen LogP contribution is -2.28. The molecule has 2 N–H and O–H groups in total. The Morgan fingerprint density at radius 1 is 0.889 bits per heavy atom. The van der Waals surface area contributed by atoms with E-state index in [1.807, 2.05) is 56.3 Å². The van der Waals surface area contributed by atoms with Crippen molar-refractivity contribution in [2.75, 3.05) is 0 Å². The molecule has 2 aromatic heterocycles. The number of amides is 2. The quantitative estimate of drug-likeness (QED) is 0.252. The lowest BCUT2D eigenvalue weighted by molar-refractivity contribution is -0.143.